The van der Waals surface area contributed by atoms with E-state index in [4.69, 9.17) is 9.47 Å². The first kappa shape index (κ1) is 40.4. The van der Waals surface area contributed by atoms with Crippen molar-refractivity contribution in [1.82, 2.24) is 9.80 Å². The van der Waals surface area contributed by atoms with Crippen LogP contribution in [0.15, 0.2) is 71.6 Å². The average molecular weight is 753 g/mol. The minimum atomic E-state index is -4.51. The van der Waals surface area contributed by atoms with Crippen molar-refractivity contribution in [3.63, 3.8) is 0 Å². The number of anilines is 2. The third kappa shape index (κ3) is 10.8. The van der Waals surface area contributed by atoms with E-state index in [9.17, 15) is 40.7 Å². The van der Waals surface area contributed by atoms with Gasteiger partial charge >= 0.3 is 12.2 Å². The van der Waals surface area contributed by atoms with Crippen LogP contribution in [-0.4, -0.2) is 86.9 Å². The molecule has 0 unspecified atom stereocenters. The van der Waals surface area contributed by atoms with E-state index in [1.54, 1.807) is 6.92 Å². The van der Waals surface area contributed by atoms with Crippen molar-refractivity contribution in [2.45, 2.75) is 69.4 Å². The number of carbonyl (C=O) groups is 2. The van der Waals surface area contributed by atoms with E-state index in [1.807, 2.05) is 13.8 Å². The fourth-order valence-corrected chi connectivity index (χ4v) is 6.64. The van der Waals surface area contributed by atoms with Crippen LogP contribution in [0.3, 0.4) is 0 Å². The highest BCUT2D eigenvalue weighted by molar-refractivity contribution is 7.92. The summed E-state index contributed by atoms with van der Waals surface area (Å²) in [4.78, 5) is 30.0. The van der Waals surface area contributed by atoms with Gasteiger partial charge in [0.15, 0.2) is 0 Å². The molecule has 0 spiro atoms. The number of nitrogens with one attached hydrogen (secondary N) is 2. The molecule has 284 valence electrons. The summed E-state index contributed by atoms with van der Waals surface area (Å²) in [6.45, 7) is 5.38. The second-order valence-electron chi connectivity index (χ2n) is 13.0. The smallest absolute Gasteiger partial charge is 0.416 e. The number of benzene rings is 3. The maximum atomic E-state index is 14.3. The molecule has 0 aliphatic carbocycles. The molecule has 0 saturated carbocycles. The van der Waals surface area contributed by atoms with Crippen molar-refractivity contribution in [2.75, 3.05) is 43.4 Å². The van der Waals surface area contributed by atoms with Crippen molar-refractivity contribution in [2.24, 2.45) is 5.92 Å². The standard InChI is InChI=1S/C36H44F4N4O7S/c1-23-20-44(24(2)22-45)34(46)31-19-29(42-52(48,49)30-15-10-27(37)11-16-30)14-17-32(31)51-25(3)7-5-6-18-50-33(23)21-43(4)35(47)41-28-12-8-26(9-13-28)36(38,39)40/h8-17,19,23-25,33,42,45H,5-7,18,20-22H2,1-4H3,(H,41,47)/t23-,24+,25-,33-/m0/s1. The van der Waals surface area contributed by atoms with Crippen LogP contribution in [0.25, 0.3) is 0 Å². The molecular formula is C36H44F4N4O7S. The van der Waals surface area contributed by atoms with Crippen LogP contribution < -0.4 is 14.8 Å². The highest BCUT2D eigenvalue weighted by Crippen LogP contribution is 2.31. The highest BCUT2D eigenvalue weighted by atomic mass is 32.2. The number of sulfonamides is 1. The van der Waals surface area contributed by atoms with Gasteiger partial charge in [0.2, 0.25) is 0 Å². The number of likely N-dealkylation sites (N-methyl/N-ethyl adjacent to an activating group) is 1. The van der Waals surface area contributed by atoms with Gasteiger partial charge in [0, 0.05) is 44.0 Å². The SMILES string of the molecule is C[C@H](CO)N1C[C@H](C)[C@H](CN(C)C(=O)Nc2ccc(C(F)(F)F)cc2)OCCCC[C@H](C)Oc2ccc(NS(=O)(=O)c3ccc(F)cc3)cc2C1=O. The van der Waals surface area contributed by atoms with E-state index in [0.29, 0.717) is 25.9 Å². The summed E-state index contributed by atoms with van der Waals surface area (Å²) in [5.74, 6) is -1.35. The van der Waals surface area contributed by atoms with Crippen LogP contribution in [-0.2, 0) is 20.9 Å². The first-order chi connectivity index (χ1) is 24.5. The van der Waals surface area contributed by atoms with Gasteiger partial charge < -0.3 is 29.7 Å². The molecule has 0 aromatic heterocycles. The number of urea groups is 1. The number of fused-ring (bicyclic) bond motifs is 1. The molecule has 1 heterocycles. The number of amides is 3. The van der Waals surface area contributed by atoms with Crippen LogP contribution >= 0.6 is 0 Å². The third-order valence-corrected chi connectivity index (χ3v) is 10.1. The number of aliphatic hydroxyl groups is 1. The molecule has 11 nitrogen and oxygen atoms in total. The van der Waals surface area contributed by atoms with Crippen molar-refractivity contribution in [3.05, 3.63) is 83.7 Å². The van der Waals surface area contributed by atoms with Gasteiger partial charge in [-0.1, -0.05) is 6.92 Å². The predicted octanol–water partition coefficient (Wildman–Crippen LogP) is 6.60. The molecule has 1 aliphatic rings. The molecule has 4 atom stereocenters. The molecule has 0 radical (unpaired) electrons. The molecule has 3 amide bonds. The van der Waals surface area contributed by atoms with Gasteiger partial charge in [0.1, 0.15) is 11.6 Å². The van der Waals surface area contributed by atoms with Crippen LogP contribution in [0.1, 0.15) is 56.0 Å². The second kappa shape index (κ2) is 17.4. The second-order valence-corrected chi connectivity index (χ2v) is 14.6. The monoisotopic (exact) mass is 752 g/mol. The van der Waals surface area contributed by atoms with Gasteiger partial charge in [-0.2, -0.15) is 13.2 Å². The highest BCUT2D eigenvalue weighted by Gasteiger charge is 2.32. The largest absolute Gasteiger partial charge is 0.490 e. The zero-order chi connectivity index (χ0) is 38.2. The summed E-state index contributed by atoms with van der Waals surface area (Å²) < 4.78 is 93.5. The van der Waals surface area contributed by atoms with E-state index < -0.39 is 64.2 Å². The molecule has 0 saturated heterocycles. The first-order valence-electron chi connectivity index (χ1n) is 16.8. The fourth-order valence-electron chi connectivity index (χ4n) is 5.59. The summed E-state index contributed by atoms with van der Waals surface area (Å²) in [6, 6.07) is 11.4. The van der Waals surface area contributed by atoms with Crippen molar-refractivity contribution < 1.29 is 50.1 Å². The van der Waals surface area contributed by atoms with Gasteiger partial charge in [-0.05, 0) is 99.8 Å². The molecule has 52 heavy (non-hydrogen) atoms. The number of carbonyl (C=O) groups excluding carboxylic acids is 2. The van der Waals surface area contributed by atoms with E-state index >= 15 is 0 Å². The summed E-state index contributed by atoms with van der Waals surface area (Å²) in [5, 5.41) is 12.8. The van der Waals surface area contributed by atoms with Crippen molar-refractivity contribution >= 4 is 33.3 Å². The Balaban J connectivity index is 1.59. The Morgan fingerprint density at radius 2 is 1.69 bits per heavy atom. The molecular weight excluding hydrogens is 708 g/mol. The Labute approximate surface area is 300 Å². The van der Waals surface area contributed by atoms with E-state index in [2.05, 4.69) is 10.0 Å². The normalized spacial score (nSPS) is 19.8. The van der Waals surface area contributed by atoms with Crippen molar-refractivity contribution in [1.29, 1.82) is 0 Å². The zero-order valence-corrected chi connectivity index (χ0v) is 30.1. The zero-order valence-electron chi connectivity index (χ0n) is 29.3. The minimum absolute atomic E-state index is 0.0428. The topological polar surface area (TPSA) is 138 Å². The number of aliphatic hydroxyl groups excluding tert-OH is 1. The maximum absolute atomic E-state index is 14.3. The molecule has 3 N–H and O–H groups in total. The quantitative estimate of drug-likeness (QED) is 0.221. The summed E-state index contributed by atoms with van der Waals surface area (Å²) in [6.07, 6.45) is -3.49. The molecule has 3 aromatic carbocycles. The van der Waals surface area contributed by atoms with Crippen molar-refractivity contribution in [3.8, 4) is 5.75 Å². The van der Waals surface area contributed by atoms with Gasteiger partial charge in [-0.25, -0.2) is 17.6 Å². The Kier molecular flexibility index (Phi) is 13.5. The number of rotatable bonds is 8. The molecule has 4 rings (SSSR count). The lowest BCUT2D eigenvalue weighted by atomic mass is 10.0. The number of nitrogens with zero attached hydrogens (tertiary/aromatic N) is 2. The Morgan fingerprint density at radius 3 is 2.33 bits per heavy atom. The summed E-state index contributed by atoms with van der Waals surface area (Å²) in [7, 11) is -2.63. The number of halogens is 4. The van der Waals surface area contributed by atoms with E-state index in [-0.39, 0.29) is 46.8 Å². The molecule has 3 aromatic rings. The van der Waals surface area contributed by atoms with Crippen LogP contribution in [0, 0.1) is 11.7 Å². The Morgan fingerprint density at radius 1 is 1.04 bits per heavy atom. The van der Waals surface area contributed by atoms with Gasteiger partial charge in [-0.3, -0.25) is 9.52 Å². The van der Waals surface area contributed by atoms with E-state index in [1.165, 1.54) is 35.0 Å². The lowest BCUT2D eigenvalue weighted by Crippen LogP contribution is -2.48. The minimum Gasteiger partial charge on any atom is -0.490 e. The summed E-state index contributed by atoms with van der Waals surface area (Å²) in [5.41, 5.74) is -0.572. The predicted molar refractivity (Wildman–Crippen MR) is 187 cm³/mol. The maximum Gasteiger partial charge on any atom is 0.416 e. The number of ether oxygens (including phenoxy) is 2. The molecule has 0 bridgehead atoms. The summed E-state index contributed by atoms with van der Waals surface area (Å²) >= 11 is 0. The lowest BCUT2D eigenvalue weighted by Gasteiger charge is -2.35. The number of hydrogen-bond acceptors (Lipinski definition) is 7. The Bertz CT molecular complexity index is 1780. The fraction of sp³-hybridized carbons (Fsp3) is 0.444. The van der Waals surface area contributed by atoms with Crippen LogP contribution in [0.2, 0.25) is 0 Å². The van der Waals surface area contributed by atoms with Gasteiger partial charge in [0.25, 0.3) is 15.9 Å². The molecule has 0 fully saturated rings. The lowest BCUT2D eigenvalue weighted by molar-refractivity contribution is -0.137. The third-order valence-electron chi connectivity index (χ3n) is 8.69. The first-order valence-corrected chi connectivity index (χ1v) is 18.3. The van der Waals surface area contributed by atoms with Gasteiger partial charge in [-0.15, -0.1) is 0 Å². The number of alkyl halides is 3. The average Bonchev–Trinajstić information content (AvgIpc) is 3.09. The van der Waals surface area contributed by atoms with E-state index in [0.717, 1.165) is 48.5 Å². The number of hydrogen-bond donors (Lipinski definition) is 3. The molecule has 16 heteroatoms. The molecule has 1 aliphatic heterocycles. The van der Waals surface area contributed by atoms with Crippen LogP contribution in [0.5, 0.6) is 5.75 Å². The van der Waals surface area contributed by atoms with Crippen LogP contribution in [0.4, 0.5) is 33.7 Å². The van der Waals surface area contributed by atoms with Gasteiger partial charge in [0.05, 0.1) is 40.9 Å². The Hall–Kier alpha value is -4.41.